The van der Waals surface area contributed by atoms with Crippen molar-refractivity contribution in [3.63, 3.8) is 0 Å². The first kappa shape index (κ1) is 31.2. The van der Waals surface area contributed by atoms with E-state index in [0.717, 1.165) is 4.90 Å². The van der Waals surface area contributed by atoms with Crippen LogP contribution in [0, 0.1) is 5.92 Å². The smallest absolute Gasteiger partial charge is 0.279 e. The summed E-state index contributed by atoms with van der Waals surface area (Å²) < 4.78 is 0. The molecule has 0 aliphatic carbocycles. The van der Waals surface area contributed by atoms with Gasteiger partial charge >= 0.3 is 0 Å². The number of nitrogens with one attached hydrogen (secondary N) is 2. The second-order valence-corrected chi connectivity index (χ2v) is 10.5. The average Bonchev–Trinajstić information content (AvgIpc) is 3.47. The lowest BCUT2D eigenvalue weighted by molar-refractivity contribution is -0.659. The molecule has 4 amide bonds. The van der Waals surface area contributed by atoms with E-state index in [0.29, 0.717) is 0 Å². The summed E-state index contributed by atoms with van der Waals surface area (Å²) in [7, 11) is 0. The van der Waals surface area contributed by atoms with Crippen LogP contribution in [0.3, 0.4) is 0 Å². The van der Waals surface area contributed by atoms with E-state index in [1.165, 1.54) is 31.2 Å². The molecule has 0 bridgehead atoms. The highest BCUT2D eigenvalue weighted by Crippen LogP contribution is 2.25. The molecule has 0 radical (unpaired) electrons. The summed E-state index contributed by atoms with van der Waals surface area (Å²) in [5.41, 5.74) is 5.48. The van der Waals surface area contributed by atoms with Gasteiger partial charge in [0.15, 0.2) is 6.04 Å². The summed E-state index contributed by atoms with van der Waals surface area (Å²) in [6, 6.07) is -0.618. The summed E-state index contributed by atoms with van der Waals surface area (Å²) in [5, 5.41) is 68.0. The summed E-state index contributed by atoms with van der Waals surface area (Å²) in [4.78, 5) is 52.6. The van der Waals surface area contributed by atoms with Crippen molar-refractivity contribution in [2.45, 2.75) is 75.0 Å². The number of carbonyl (C=O) groups is 4. The maximum Gasteiger partial charge on any atom is 0.279 e. The lowest BCUT2D eigenvalue weighted by Gasteiger charge is -2.32. The van der Waals surface area contributed by atoms with Crippen LogP contribution in [-0.4, -0.2) is 121 Å². The predicted octanol–water partition coefficient (Wildman–Crippen LogP) is -5.47. The Balaban J connectivity index is 1.86. The van der Waals surface area contributed by atoms with Crippen molar-refractivity contribution in [3.05, 3.63) is 29.8 Å². The minimum absolute atomic E-state index is 0.0789. The molecule has 0 saturated carbocycles. The highest BCUT2D eigenvalue weighted by Gasteiger charge is 2.47. The van der Waals surface area contributed by atoms with Crippen LogP contribution in [0.5, 0.6) is 5.75 Å². The van der Waals surface area contributed by atoms with Crippen molar-refractivity contribution in [2.24, 2.45) is 11.7 Å². The van der Waals surface area contributed by atoms with E-state index in [9.17, 15) is 49.8 Å². The number of quaternary nitrogens is 1. The number of hydrogen-bond acceptors (Lipinski definition) is 10. The topological polar surface area (TPSA) is 260 Å². The summed E-state index contributed by atoms with van der Waals surface area (Å²) in [6.07, 6.45) is -7.16. The van der Waals surface area contributed by atoms with Crippen LogP contribution in [-0.2, 0) is 19.2 Å². The monoisotopic (exact) mass is 568 g/mol. The molecule has 1 aromatic carbocycles. The van der Waals surface area contributed by atoms with Crippen LogP contribution in [0.15, 0.2) is 24.3 Å². The number of aliphatic hydroxyl groups is 5. The predicted molar refractivity (Wildman–Crippen MR) is 136 cm³/mol. The molecule has 2 aliphatic heterocycles. The summed E-state index contributed by atoms with van der Waals surface area (Å²) >= 11 is 0. The van der Waals surface area contributed by atoms with Gasteiger partial charge in [0.1, 0.15) is 48.7 Å². The first-order chi connectivity index (χ1) is 18.7. The maximum absolute atomic E-state index is 13.4. The molecule has 0 aromatic heterocycles. The molecule has 2 heterocycles. The van der Waals surface area contributed by atoms with E-state index >= 15 is 0 Å². The molecule has 40 heavy (non-hydrogen) atoms. The number of nitrogens with zero attached hydrogens (tertiary/aromatic N) is 1. The van der Waals surface area contributed by atoms with Crippen LogP contribution >= 0.6 is 0 Å². The van der Waals surface area contributed by atoms with Crippen molar-refractivity contribution < 1.29 is 55.1 Å². The molecule has 2 unspecified atom stereocenters. The zero-order valence-corrected chi connectivity index (χ0v) is 22.1. The van der Waals surface area contributed by atoms with Crippen LogP contribution in [0.1, 0.15) is 31.9 Å². The third-order valence-corrected chi connectivity index (χ3v) is 7.38. The Kier molecular flexibility index (Phi) is 10.0. The van der Waals surface area contributed by atoms with Gasteiger partial charge < -0.3 is 57.2 Å². The molecular formula is C25H38N5O10+. The quantitative estimate of drug-likeness (QED) is 0.128. The van der Waals surface area contributed by atoms with Gasteiger partial charge in [0.05, 0.1) is 12.2 Å². The molecule has 0 spiro atoms. The van der Waals surface area contributed by atoms with Crippen LogP contribution < -0.4 is 21.7 Å². The molecule has 2 saturated heterocycles. The Hall–Kier alpha value is -3.34. The Bertz CT molecular complexity index is 1090. The lowest BCUT2D eigenvalue weighted by atomic mass is 9.97. The number of likely N-dealkylation sites (tertiary alicyclic amines) is 1. The van der Waals surface area contributed by atoms with Gasteiger partial charge in [0.25, 0.3) is 5.91 Å². The standard InChI is InChI=1S/C25H37N5O10/c1-10-9-30(18(19(10)34)22(26)37)25(40)16(11(2)31)28-24(39)17(29-23(38)15-7-14(33)8-27-15)21(36)20(35)12-3-5-13(32)6-4-12/h3-6,10-11,14-21,27,31-36H,7-9H2,1-2H3,(H2,26,37)(H,28,39)(H,29,38)/p+1/t10-,11?,14+,15-,16-,17?,18-,19-,20-,21-/m0/s1. The molecule has 12 N–H and O–H groups in total. The van der Waals surface area contributed by atoms with Crippen molar-refractivity contribution >= 4 is 23.6 Å². The van der Waals surface area contributed by atoms with E-state index in [1.807, 2.05) is 0 Å². The average molecular weight is 569 g/mol. The van der Waals surface area contributed by atoms with Gasteiger partial charge in [-0.1, -0.05) is 19.1 Å². The van der Waals surface area contributed by atoms with E-state index in [4.69, 9.17) is 5.73 Å². The summed E-state index contributed by atoms with van der Waals surface area (Å²) in [5.74, 6) is -4.41. The number of aliphatic hydroxyl groups excluding tert-OH is 5. The summed E-state index contributed by atoms with van der Waals surface area (Å²) in [6.45, 7) is 2.94. The second kappa shape index (κ2) is 12.9. The van der Waals surface area contributed by atoms with Crippen molar-refractivity contribution in [1.29, 1.82) is 0 Å². The zero-order chi connectivity index (χ0) is 29.9. The molecule has 15 nitrogen and oxygen atoms in total. The minimum atomic E-state index is -1.96. The van der Waals surface area contributed by atoms with Crippen molar-refractivity contribution in [3.8, 4) is 5.75 Å². The third-order valence-electron chi connectivity index (χ3n) is 7.38. The number of carbonyl (C=O) groups excluding carboxylic acids is 4. The minimum Gasteiger partial charge on any atom is -0.508 e. The lowest BCUT2D eigenvalue weighted by Crippen LogP contribution is -2.90. The number of phenols is 1. The van der Waals surface area contributed by atoms with E-state index in [-0.39, 0.29) is 30.8 Å². The van der Waals surface area contributed by atoms with Crippen LogP contribution in [0.25, 0.3) is 0 Å². The molecule has 2 fully saturated rings. The number of aromatic hydroxyl groups is 1. The fourth-order valence-electron chi connectivity index (χ4n) is 5.02. The fourth-order valence-corrected chi connectivity index (χ4v) is 5.02. The van der Waals surface area contributed by atoms with Crippen molar-refractivity contribution in [1.82, 2.24) is 15.5 Å². The first-order valence-electron chi connectivity index (χ1n) is 13.0. The van der Waals surface area contributed by atoms with Gasteiger partial charge in [-0.3, -0.25) is 19.2 Å². The number of primary amides is 1. The van der Waals surface area contributed by atoms with Gasteiger partial charge in [-0.25, -0.2) is 0 Å². The number of hydrogen-bond donors (Lipinski definition) is 10. The Morgan fingerprint density at radius 1 is 1.05 bits per heavy atom. The molecule has 2 aliphatic rings. The van der Waals surface area contributed by atoms with Gasteiger partial charge in [-0.05, 0) is 24.6 Å². The molecular weight excluding hydrogens is 530 g/mol. The molecule has 3 rings (SSSR count). The second-order valence-electron chi connectivity index (χ2n) is 10.5. The highest BCUT2D eigenvalue weighted by atomic mass is 16.3. The number of benzene rings is 1. The largest absolute Gasteiger partial charge is 0.508 e. The Morgan fingerprint density at radius 2 is 1.68 bits per heavy atom. The SMILES string of the molecule is CC(O)[C@H](NC(=O)C(NC(=O)[C@@H]1C[C@@H](O)C[NH2+]1)[C@H](O)[C@@H](O)c1ccc(O)cc1)C(=O)N1C[C@H](C)[C@H](O)[C@H]1C(N)=O. The van der Waals surface area contributed by atoms with Crippen molar-refractivity contribution in [2.75, 3.05) is 13.1 Å². The van der Waals surface area contributed by atoms with E-state index in [1.54, 1.807) is 12.2 Å². The van der Waals surface area contributed by atoms with Gasteiger partial charge in [-0.15, -0.1) is 0 Å². The van der Waals surface area contributed by atoms with Gasteiger partial charge in [0, 0.05) is 18.9 Å². The molecule has 1 aromatic rings. The third kappa shape index (κ3) is 6.86. The van der Waals surface area contributed by atoms with Crippen LogP contribution in [0.2, 0.25) is 0 Å². The molecule has 10 atom stereocenters. The first-order valence-corrected chi connectivity index (χ1v) is 13.0. The van der Waals surface area contributed by atoms with E-state index < -0.39 is 84.2 Å². The zero-order valence-electron chi connectivity index (χ0n) is 22.1. The Morgan fingerprint density at radius 3 is 2.20 bits per heavy atom. The maximum atomic E-state index is 13.4. The fraction of sp³-hybridized carbons (Fsp3) is 0.600. The van der Waals surface area contributed by atoms with Crippen LogP contribution in [0.4, 0.5) is 0 Å². The Labute approximate surface area is 230 Å². The van der Waals surface area contributed by atoms with Gasteiger partial charge in [0.2, 0.25) is 17.7 Å². The molecule has 222 valence electrons. The number of phenolic OH excluding ortho intramolecular Hbond substituents is 1. The number of amides is 4. The number of rotatable bonds is 10. The normalized spacial score (nSPS) is 28.3. The van der Waals surface area contributed by atoms with E-state index in [2.05, 4.69) is 10.6 Å². The molecule has 15 heteroatoms. The number of nitrogens with two attached hydrogens (primary N) is 2. The highest BCUT2D eigenvalue weighted by molar-refractivity contribution is 5.95. The van der Waals surface area contributed by atoms with Gasteiger partial charge in [-0.2, -0.15) is 0 Å².